The molecular formula is C24H21NO5. The Hall–Kier alpha value is -3.93. The van der Waals surface area contributed by atoms with Gasteiger partial charge in [-0.15, -0.1) is 0 Å². The smallest absolute Gasteiger partial charge is 0.326 e. The van der Waals surface area contributed by atoms with Crippen LogP contribution in [0.1, 0.15) is 32.4 Å². The number of ketones is 1. The molecule has 0 bridgehead atoms. The quantitative estimate of drug-likeness (QED) is 0.459. The highest BCUT2D eigenvalue weighted by molar-refractivity contribution is 6.01. The van der Waals surface area contributed by atoms with Gasteiger partial charge in [0, 0.05) is 16.7 Å². The Balaban J connectivity index is 1.69. The maximum absolute atomic E-state index is 12.9. The highest BCUT2D eigenvalue weighted by Crippen LogP contribution is 2.22. The second kappa shape index (κ2) is 10.0. The van der Waals surface area contributed by atoms with Gasteiger partial charge in [0.2, 0.25) is 5.78 Å². The lowest BCUT2D eigenvalue weighted by atomic mass is 10.00. The fourth-order valence-corrected chi connectivity index (χ4v) is 2.85. The summed E-state index contributed by atoms with van der Waals surface area (Å²) in [5.74, 6) is -0.974. The van der Waals surface area contributed by atoms with Gasteiger partial charge in [-0.2, -0.15) is 0 Å². The van der Waals surface area contributed by atoms with E-state index in [1.165, 1.54) is 7.11 Å². The number of methoxy groups -OCH3 is 1. The largest absolute Gasteiger partial charge is 0.497 e. The lowest BCUT2D eigenvalue weighted by molar-refractivity contribution is -0.146. The van der Waals surface area contributed by atoms with Crippen LogP contribution >= 0.6 is 0 Å². The summed E-state index contributed by atoms with van der Waals surface area (Å²) in [6, 6.07) is 23.9. The Morgan fingerprint density at radius 3 is 2.13 bits per heavy atom. The standard InChI is InChI=1S/C24H21NO5/c1-29-20-14-8-13-19(15-20)24(28)25-16-21(26)30-23(18-11-6-3-7-12-18)22(27)17-9-4-2-5-10-17/h2-15,23H,16H2,1H3,(H,25,28)/t23-/m1/s1. The maximum atomic E-state index is 12.9. The summed E-state index contributed by atoms with van der Waals surface area (Å²) < 4.78 is 10.5. The zero-order valence-corrected chi connectivity index (χ0v) is 16.4. The van der Waals surface area contributed by atoms with Crippen molar-refractivity contribution in [3.05, 3.63) is 102 Å². The fourth-order valence-electron chi connectivity index (χ4n) is 2.85. The van der Waals surface area contributed by atoms with Crippen LogP contribution in [0.3, 0.4) is 0 Å². The van der Waals surface area contributed by atoms with Gasteiger partial charge in [-0.25, -0.2) is 0 Å². The average molecular weight is 403 g/mol. The number of rotatable bonds is 8. The average Bonchev–Trinajstić information content (AvgIpc) is 2.81. The van der Waals surface area contributed by atoms with Gasteiger partial charge < -0.3 is 14.8 Å². The first kappa shape index (κ1) is 20.8. The molecule has 0 unspecified atom stereocenters. The van der Waals surface area contributed by atoms with Crippen LogP contribution in [0.2, 0.25) is 0 Å². The predicted octanol–water partition coefficient (Wildman–Crippen LogP) is 3.59. The van der Waals surface area contributed by atoms with E-state index in [-0.39, 0.29) is 12.3 Å². The Labute approximate surface area is 174 Å². The van der Waals surface area contributed by atoms with Crippen molar-refractivity contribution in [2.75, 3.05) is 13.7 Å². The summed E-state index contributed by atoms with van der Waals surface area (Å²) in [6.07, 6.45) is -1.10. The second-order valence-electron chi connectivity index (χ2n) is 6.43. The van der Waals surface area contributed by atoms with E-state index in [1.54, 1.807) is 78.9 Å². The molecule has 1 atom stereocenters. The van der Waals surface area contributed by atoms with Crippen molar-refractivity contribution in [3.63, 3.8) is 0 Å². The number of nitrogens with one attached hydrogen (secondary N) is 1. The van der Waals surface area contributed by atoms with Crippen molar-refractivity contribution in [3.8, 4) is 5.75 Å². The van der Waals surface area contributed by atoms with Crippen molar-refractivity contribution in [1.82, 2.24) is 5.32 Å². The maximum Gasteiger partial charge on any atom is 0.326 e. The van der Waals surface area contributed by atoms with E-state index in [1.807, 2.05) is 6.07 Å². The van der Waals surface area contributed by atoms with Crippen molar-refractivity contribution >= 4 is 17.7 Å². The molecule has 30 heavy (non-hydrogen) atoms. The minimum atomic E-state index is -1.10. The van der Waals surface area contributed by atoms with E-state index >= 15 is 0 Å². The third-order valence-electron chi connectivity index (χ3n) is 4.37. The Bertz CT molecular complexity index is 1020. The van der Waals surface area contributed by atoms with Gasteiger partial charge >= 0.3 is 5.97 Å². The summed E-state index contributed by atoms with van der Waals surface area (Å²) in [4.78, 5) is 37.6. The molecule has 0 fully saturated rings. The molecule has 6 nitrogen and oxygen atoms in total. The molecule has 0 saturated carbocycles. The number of carbonyl (C=O) groups is 3. The topological polar surface area (TPSA) is 81.7 Å². The monoisotopic (exact) mass is 403 g/mol. The first-order valence-corrected chi connectivity index (χ1v) is 9.34. The molecule has 6 heteroatoms. The molecule has 0 heterocycles. The summed E-state index contributed by atoms with van der Waals surface area (Å²) in [5, 5.41) is 2.51. The van der Waals surface area contributed by atoms with Crippen LogP contribution in [0.5, 0.6) is 5.75 Å². The highest BCUT2D eigenvalue weighted by Gasteiger charge is 2.26. The van der Waals surface area contributed by atoms with E-state index in [0.717, 1.165) is 0 Å². The van der Waals surface area contributed by atoms with Gasteiger partial charge in [-0.05, 0) is 18.2 Å². The summed E-state index contributed by atoms with van der Waals surface area (Å²) in [6.45, 7) is -0.374. The molecular weight excluding hydrogens is 382 g/mol. The van der Waals surface area contributed by atoms with Gasteiger partial charge in [0.15, 0.2) is 6.10 Å². The van der Waals surface area contributed by atoms with E-state index in [0.29, 0.717) is 22.4 Å². The number of amides is 1. The van der Waals surface area contributed by atoms with Crippen LogP contribution in [0.15, 0.2) is 84.9 Å². The van der Waals surface area contributed by atoms with Crippen molar-refractivity contribution in [1.29, 1.82) is 0 Å². The fraction of sp³-hybridized carbons (Fsp3) is 0.125. The van der Waals surface area contributed by atoms with Crippen molar-refractivity contribution in [2.45, 2.75) is 6.10 Å². The lowest BCUT2D eigenvalue weighted by Gasteiger charge is -2.17. The molecule has 1 amide bonds. The second-order valence-corrected chi connectivity index (χ2v) is 6.43. The minimum absolute atomic E-state index is 0.339. The zero-order chi connectivity index (χ0) is 21.3. The summed E-state index contributed by atoms with van der Waals surface area (Å²) in [7, 11) is 1.50. The molecule has 0 aliphatic rings. The minimum Gasteiger partial charge on any atom is -0.497 e. The Morgan fingerprint density at radius 1 is 0.833 bits per heavy atom. The number of hydrogen-bond donors (Lipinski definition) is 1. The number of hydrogen-bond acceptors (Lipinski definition) is 5. The normalized spacial score (nSPS) is 11.2. The molecule has 152 valence electrons. The van der Waals surface area contributed by atoms with E-state index in [4.69, 9.17) is 9.47 Å². The first-order chi connectivity index (χ1) is 14.6. The molecule has 3 rings (SSSR count). The number of carbonyl (C=O) groups excluding carboxylic acids is 3. The number of esters is 1. The van der Waals surface area contributed by atoms with E-state index in [2.05, 4.69) is 5.32 Å². The molecule has 3 aromatic carbocycles. The third-order valence-corrected chi connectivity index (χ3v) is 4.37. The lowest BCUT2D eigenvalue weighted by Crippen LogP contribution is -2.32. The number of ether oxygens (including phenoxy) is 2. The van der Waals surface area contributed by atoms with Crippen LogP contribution in [0, 0.1) is 0 Å². The molecule has 1 N–H and O–H groups in total. The molecule has 0 spiro atoms. The Morgan fingerprint density at radius 2 is 1.47 bits per heavy atom. The van der Waals surface area contributed by atoms with Crippen LogP contribution in [0.25, 0.3) is 0 Å². The molecule has 0 saturated heterocycles. The molecule has 0 aromatic heterocycles. The summed E-state index contributed by atoms with van der Waals surface area (Å²) >= 11 is 0. The van der Waals surface area contributed by atoms with Crippen LogP contribution in [-0.4, -0.2) is 31.3 Å². The van der Waals surface area contributed by atoms with Gasteiger partial charge in [0.05, 0.1) is 7.11 Å². The molecule has 3 aromatic rings. The molecule has 0 aliphatic heterocycles. The molecule has 0 aliphatic carbocycles. The number of Topliss-reactive ketones (excluding diaryl/α,β-unsaturated/α-hetero) is 1. The third kappa shape index (κ3) is 5.32. The van der Waals surface area contributed by atoms with Gasteiger partial charge in [-0.1, -0.05) is 66.7 Å². The summed E-state index contributed by atoms with van der Waals surface area (Å²) in [5.41, 5.74) is 1.33. The van der Waals surface area contributed by atoms with Crippen LogP contribution in [0.4, 0.5) is 0 Å². The van der Waals surface area contributed by atoms with Gasteiger partial charge in [0.25, 0.3) is 5.91 Å². The van der Waals surface area contributed by atoms with Gasteiger partial charge in [-0.3, -0.25) is 14.4 Å². The first-order valence-electron chi connectivity index (χ1n) is 9.34. The van der Waals surface area contributed by atoms with E-state index < -0.39 is 18.0 Å². The van der Waals surface area contributed by atoms with Crippen molar-refractivity contribution < 1.29 is 23.9 Å². The SMILES string of the molecule is COc1cccc(C(=O)NCC(=O)O[C@@H](C(=O)c2ccccc2)c2ccccc2)c1. The van der Waals surface area contributed by atoms with E-state index in [9.17, 15) is 14.4 Å². The van der Waals surface area contributed by atoms with Crippen LogP contribution in [-0.2, 0) is 9.53 Å². The van der Waals surface area contributed by atoms with Gasteiger partial charge in [0.1, 0.15) is 12.3 Å². The van der Waals surface area contributed by atoms with Crippen LogP contribution < -0.4 is 10.1 Å². The van der Waals surface area contributed by atoms with Crippen molar-refractivity contribution in [2.24, 2.45) is 0 Å². The number of benzene rings is 3. The highest BCUT2D eigenvalue weighted by atomic mass is 16.5. The zero-order valence-electron chi connectivity index (χ0n) is 16.4. The molecule has 0 radical (unpaired) electrons. The predicted molar refractivity (Wildman–Crippen MR) is 111 cm³/mol. The Kier molecular flexibility index (Phi) is 6.95.